The first kappa shape index (κ1) is 25.7. The number of rotatable bonds is 8. The highest BCUT2D eigenvalue weighted by Gasteiger charge is 2.53. The molecule has 0 radical (unpaired) electrons. The number of nitrogens with zero attached hydrogens (tertiary/aromatic N) is 2. The molecule has 9 nitrogen and oxygen atoms in total. The topological polar surface area (TPSA) is 104 Å². The molecule has 3 fully saturated rings. The van der Waals surface area contributed by atoms with Crippen LogP contribution in [-0.2, 0) is 14.3 Å². The molecule has 2 saturated heterocycles. The van der Waals surface area contributed by atoms with Crippen LogP contribution in [0.3, 0.4) is 0 Å². The zero-order chi connectivity index (χ0) is 25.2. The van der Waals surface area contributed by atoms with Gasteiger partial charge in [-0.3, -0.25) is 19.4 Å². The van der Waals surface area contributed by atoms with Crippen LogP contribution < -0.4 is 10.6 Å². The molecule has 0 aromatic carbocycles. The molecule has 2 aliphatic heterocycles. The zero-order valence-electron chi connectivity index (χ0n) is 21.5. The molecule has 35 heavy (non-hydrogen) atoms. The Bertz CT molecular complexity index is 928. The molecule has 3 aliphatic rings. The van der Waals surface area contributed by atoms with Crippen molar-refractivity contribution in [3.8, 4) is 0 Å². The number of nitrogens with one attached hydrogen (secondary N) is 2. The van der Waals surface area contributed by atoms with Crippen molar-refractivity contribution in [2.24, 2.45) is 11.3 Å². The molecule has 9 heteroatoms. The van der Waals surface area contributed by atoms with E-state index in [4.69, 9.17) is 9.15 Å². The van der Waals surface area contributed by atoms with Crippen LogP contribution in [0, 0.1) is 18.3 Å². The van der Waals surface area contributed by atoms with Crippen molar-refractivity contribution in [1.82, 2.24) is 20.4 Å². The van der Waals surface area contributed by atoms with Crippen molar-refractivity contribution < 1.29 is 23.5 Å². The van der Waals surface area contributed by atoms with E-state index in [9.17, 15) is 14.4 Å². The fourth-order valence-corrected chi connectivity index (χ4v) is 5.68. The Morgan fingerprint density at radius 3 is 2.51 bits per heavy atom. The van der Waals surface area contributed by atoms with E-state index in [-0.39, 0.29) is 29.8 Å². The van der Waals surface area contributed by atoms with Crippen LogP contribution in [0.4, 0.5) is 4.79 Å². The summed E-state index contributed by atoms with van der Waals surface area (Å²) in [5.41, 5.74) is -0.643. The van der Waals surface area contributed by atoms with Crippen molar-refractivity contribution in [2.45, 2.75) is 71.4 Å². The van der Waals surface area contributed by atoms with Gasteiger partial charge in [0, 0.05) is 19.6 Å². The predicted molar refractivity (Wildman–Crippen MR) is 131 cm³/mol. The Hall–Kier alpha value is -2.39. The van der Waals surface area contributed by atoms with Gasteiger partial charge < -0.3 is 19.8 Å². The van der Waals surface area contributed by atoms with Crippen LogP contribution in [0.1, 0.15) is 70.4 Å². The van der Waals surface area contributed by atoms with E-state index in [0.29, 0.717) is 38.5 Å². The van der Waals surface area contributed by atoms with E-state index in [0.717, 1.165) is 48.8 Å². The average Bonchev–Trinajstić information content (AvgIpc) is 3.37. The van der Waals surface area contributed by atoms with Gasteiger partial charge in [-0.15, -0.1) is 0 Å². The van der Waals surface area contributed by atoms with Crippen LogP contribution in [0.2, 0.25) is 0 Å². The Kier molecular flexibility index (Phi) is 7.57. The van der Waals surface area contributed by atoms with Crippen LogP contribution in [0.5, 0.6) is 0 Å². The number of amides is 4. The maximum atomic E-state index is 13.3. The second kappa shape index (κ2) is 10.3. The molecular weight excluding hydrogens is 448 g/mol. The molecule has 1 atom stereocenters. The highest BCUT2D eigenvalue weighted by molar-refractivity contribution is 6.09. The summed E-state index contributed by atoms with van der Waals surface area (Å²) in [6.45, 7) is 11.4. The summed E-state index contributed by atoms with van der Waals surface area (Å²) < 4.78 is 11.3. The summed E-state index contributed by atoms with van der Waals surface area (Å²) in [4.78, 5) is 42.2. The van der Waals surface area contributed by atoms with Gasteiger partial charge in [0.05, 0.1) is 19.3 Å². The van der Waals surface area contributed by atoms with Crippen LogP contribution in [0.15, 0.2) is 16.5 Å². The Morgan fingerprint density at radius 1 is 1.23 bits per heavy atom. The van der Waals surface area contributed by atoms with Gasteiger partial charge in [-0.25, -0.2) is 4.79 Å². The van der Waals surface area contributed by atoms with Crippen molar-refractivity contribution >= 4 is 17.8 Å². The maximum absolute atomic E-state index is 13.3. The summed E-state index contributed by atoms with van der Waals surface area (Å²) in [6.07, 6.45) is 4.13. The molecule has 1 aliphatic carbocycles. The number of carbonyl (C=O) groups excluding carboxylic acids is 3. The van der Waals surface area contributed by atoms with Crippen molar-refractivity contribution in [3.63, 3.8) is 0 Å². The lowest BCUT2D eigenvalue weighted by atomic mass is 9.65. The third-order valence-electron chi connectivity index (χ3n) is 8.47. The van der Waals surface area contributed by atoms with Crippen molar-refractivity contribution in [2.75, 3.05) is 39.4 Å². The summed E-state index contributed by atoms with van der Waals surface area (Å²) >= 11 is 0. The van der Waals surface area contributed by atoms with E-state index < -0.39 is 11.6 Å². The summed E-state index contributed by atoms with van der Waals surface area (Å²) in [7, 11) is 0. The SMILES string of the molecule is CCC(C)(C)C1CCC2(CC1)NC(=O)N(CC(=O)NCC(c1ccc(C)o1)N1CCOCC1)C2=O. The van der Waals surface area contributed by atoms with Gasteiger partial charge in [0.15, 0.2) is 0 Å². The Morgan fingerprint density at radius 2 is 1.91 bits per heavy atom. The lowest BCUT2D eigenvalue weighted by molar-refractivity contribution is -0.136. The highest BCUT2D eigenvalue weighted by Crippen LogP contribution is 2.45. The Balaban J connectivity index is 1.35. The smallest absolute Gasteiger partial charge is 0.325 e. The number of morpholine rings is 1. The molecule has 3 heterocycles. The summed E-state index contributed by atoms with van der Waals surface area (Å²) in [5.74, 6) is 1.50. The molecular formula is C26H40N4O5. The molecule has 194 valence electrons. The van der Waals surface area contributed by atoms with E-state index in [1.807, 2.05) is 19.1 Å². The van der Waals surface area contributed by atoms with E-state index in [2.05, 4.69) is 36.3 Å². The summed E-state index contributed by atoms with van der Waals surface area (Å²) in [5, 5.41) is 5.86. The molecule has 1 aromatic rings. The fourth-order valence-electron chi connectivity index (χ4n) is 5.68. The van der Waals surface area contributed by atoms with Gasteiger partial charge in [0.2, 0.25) is 5.91 Å². The zero-order valence-corrected chi connectivity index (χ0v) is 21.5. The second-order valence-electron chi connectivity index (χ2n) is 10.9. The first-order chi connectivity index (χ1) is 16.6. The predicted octanol–water partition coefficient (Wildman–Crippen LogP) is 2.99. The Labute approximate surface area is 207 Å². The standard InChI is InChI=1S/C26H40N4O5/c1-5-25(3,4)19-8-10-26(11-9-19)23(32)30(24(33)28-26)17-22(31)27-16-20(21-7-6-18(2)35-21)29-12-14-34-15-13-29/h6-7,19-20H,5,8-17H2,1-4H3,(H,27,31)(H,28,33). The minimum atomic E-state index is -0.861. The van der Waals surface area contributed by atoms with Crippen LogP contribution in [-0.4, -0.2) is 72.6 Å². The monoisotopic (exact) mass is 488 g/mol. The quantitative estimate of drug-likeness (QED) is 0.545. The molecule has 4 amide bonds. The van der Waals surface area contributed by atoms with E-state index in [1.165, 1.54) is 0 Å². The van der Waals surface area contributed by atoms with Crippen LogP contribution >= 0.6 is 0 Å². The molecule has 4 rings (SSSR count). The van der Waals surface area contributed by atoms with Crippen molar-refractivity contribution in [1.29, 1.82) is 0 Å². The van der Waals surface area contributed by atoms with E-state index >= 15 is 0 Å². The van der Waals surface area contributed by atoms with Crippen LogP contribution in [0.25, 0.3) is 0 Å². The molecule has 1 unspecified atom stereocenters. The lowest BCUT2D eigenvalue weighted by Crippen LogP contribution is -2.51. The first-order valence-electron chi connectivity index (χ1n) is 12.9. The molecule has 1 saturated carbocycles. The van der Waals surface area contributed by atoms with Crippen molar-refractivity contribution in [3.05, 3.63) is 23.7 Å². The number of imide groups is 1. The number of carbonyl (C=O) groups is 3. The van der Waals surface area contributed by atoms with Gasteiger partial charge in [-0.1, -0.05) is 27.2 Å². The second-order valence-corrected chi connectivity index (χ2v) is 10.9. The number of urea groups is 1. The fraction of sp³-hybridized carbons (Fsp3) is 0.731. The van der Waals surface area contributed by atoms with Gasteiger partial charge in [-0.2, -0.15) is 0 Å². The molecule has 1 aromatic heterocycles. The third kappa shape index (κ3) is 5.40. The number of ether oxygens (including phenoxy) is 1. The van der Waals surface area contributed by atoms with E-state index in [1.54, 1.807) is 0 Å². The normalized spacial score (nSPS) is 26.7. The number of aryl methyl sites for hydroxylation is 1. The first-order valence-corrected chi connectivity index (χ1v) is 12.9. The van der Waals surface area contributed by atoms with Gasteiger partial charge >= 0.3 is 6.03 Å². The molecule has 1 spiro atoms. The third-order valence-corrected chi connectivity index (χ3v) is 8.47. The van der Waals surface area contributed by atoms with Gasteiger partial charge in [0.25, 0.3) is 5.91 Å². The minimum absolute atomic E-state index is 0.136. The average molecular weight is 489 g/mol. The highest BCUT2D eigenvalue weighted by atomic mass is 16.5. The number of hydrogen-bond acceptors (Lipinski definition) is 6. The van der Waals surface area contributed by atoms with Gasteiger partial charge in [0.1, 0.15) is 23.6 Å². The summed E-state index contributed by atoms with van der Waals surface area (Å²) in [6, 6.07) is 3.24. The minimum Gasteiger partial charge on any atom is -0.465 e. The largest absolute Gasteiger partial charge is 0.465 e. The lowest BCUT2D eigenvalue weighted by Gasteiger charge is -2.42. The maximum Gasteiger partial charge on any atom is 0.325 e. The molecule has 0 bridgehead atoms. The molecule has 2 N–H and O–H groups in total. The number of furan rings is 1. The van der Waals surface area contributed by atoms with Gasteiger partial charge in [-0.05, 0) is 56.1 Å². The number of hydrogen-bond donors (Lipinski definition) is 2.